The van der Waals surface area contributed by atoms with E-state index in [9.17, 15) is 35.9 Å². The van der Waals surface area contributed by atoms with Gasteiger partial charge in [-0.25, -0.2) is 17.6 Å². The van der Waals surface area contributed by atoms with Crippen LogP contribution in [0, 0.1) is 11.6 Å². The normalized spacial score (nSPS) is 27.2. The van der Waals surface area contributed by atoms with Crippen LogP contribution >= 0.6 is 0 Å². The summed E-state index contributed by atoms with van der Waals surface area (Å²) < 4.78 is 76.8. The molecule has 1 aromatic rings. The van der Waals surface area contributed by atoms with Crippen LogP contribution < -0.4 is 0 Å². The number of ketones is 2. The lowest BCUT2D eigenvalue weighted by Gasteiger charge is -2.05. The van der Waals surface area contributed by atoms with Crippen LogP contribution in [0.1, 0.15) is 16.8 Å². The highest BCUT2D eigenvalue weighted by Gasteiger charge is 2.88. The summed E-state index contributed by atoms with van der Waals surface area (Å²) in [7, 11) is 0. The monoisotopic (exact) mass is 296 g/mol. The highest BCUT2D eigenvalue weighted by atomic mass is 19.3. The van der Waals surface area contributed by atoms with Crippen LogP contribution in [0.5, 0.6) is 0 Å². The molecule has 0 aliphatic heterocycles. The van der Waals surface area contributed by atoms with E-state index in [0.717, 1.165) is 0 Å². The van der Waals surface area contributed by atoms with E-state index in [4.69, 9.17) is 0 Å². The Hall–Kier alpha value is -1.86. The highest BCUT2D eigenvalue weighted by molar-refractivity contribution is 6.12. The maximum Gasteiger partial charge on any atom is 0.326 e. The molecule has 1 aliphatic rings. The Balaban J connectivity index is 2.15. The molecule has 0 saturated heterocycles. The molecule has 0 radical (unpaired) electrons. The first kappa shape index (κ1) is 14.5. The van der Waals surface area contributed by atoms with Crippen LogP contribution in [-0.2, 0) is 4.79 Å². The second-order valence-electron chi connectivity index (χ2n) is 4.38. The third-order valence-corrected chi connectivity index (χ3v) is 2.98. The van der Waals surface area contributed by atoms with Gasteiger partial charge in [0.2, 0.25) is 6.17 Å². The number of carbonyl (C=O) groups excluding carboxylic acids is 2. The fourth-order valence-corrected chi connectivity index (χ4v) is 1.75. The average Bonchev–Trinajstić information content (AvgIpc) is 2.73. The lowest BCUT2D eigenvalue weighted by atomic mass is 10.0. The van der Waals surface area contributed by atoms with Gasteiger partial charge >= 0.3 is 5.92 Å². The van der Waals surface area contributed by atoms with E-state index in [0.29, 0.717) is 18.2 Å². The van der Waals surface area contributed by atoms with Gasteiger partial charge in [0.05, 0.1) is 6.42 Å². The van der Waals surface area contributed by atoms with Gasteiger partial charge in [-0.1, -0.05) is 0 Å². The fourth-order valence-electron chi connectivity index (χ4n) is 1.75. The first-order chi connectivity index (χ1) is 9.10. The Kier molecular flexibility index (Phi) is 3.14. The van der Waals surface area contributed by atoms with Crippen molar-refractivity contribution in [2.24, 2.45) is 0 Å². The topological polar surface area (TPSA) is 34.1 Å². The van der Waals surface area contributed by atoms with Crippen LogP contribution in [0.4, 0.5) is 26.3 Å². The summed E-state index contributed by atoms with van der Waals surface area (Å²) in [5, 5.41) is 0. The van der Waals surface area contributed by atoms with E-state index in [1.54, 1.807) is 0 Å². The first-order valence-electron chi connectivity index (χ1n) is 5.34. The second kappa shape index (κ2) is 4.32. The minimum Gasteiger partial charge on any atom is -0.295 e. The second-order valence-corrected chi connectivity index (χ2v) is 4.38. The molecule has 1 fully saturated rings. The summed E-state index contributed by atoms with van der Waals surface area (Å²) >= 11 is 0. The number of Topliss-reactive ketones (excluding diaryl/α,β-unsaturated/α-hetero) is 2. The van der Waals surface area contributed by atoms with Gasteiger partial charge in [-0.05, 0) is 12.1 Å². The van der Waals surface area contributed by atoms with Crippen molar-refractivity contribution in [1.29, 1.82) is 0 Å². The van der Waals surface area contributed by atoms with Gasteiger partial charge in [0, 0.05) is 11.6 Å². The number of rotatable bonds is 4. The lowest BCUT2D eigenvalue weighted by Crippen LogP contribution is -2.27. The van der Waals surface area contributed by atoms with Crippen LogP contribution in [0.25, 0.3) is 0 Å². The predicted molar refractivity (Wildman–Crippen MR) is 54.0 cm³/mol. The first-order valence-corrected chi connectivity index (χ1v) is 5.34. The van der Waals surface area contributed by atoms with E-state index in [2.05, 4.69) is 0 Å². The summed E-state index contributed by atoms with van der Waals surface area (Å²) in [6.45, 7) is 0. The summed E-state index contributed by atoms with van der Waals surface area (Å²) in [5.41, 5.74) is -4.66. The zero-order valence-corrected chi connectivity index (χ0v) is 9.60. The molecule has 0 amide bonds. The van der Waals surface area contributed by atoms with E-state index in [1.807, 2.05) is 0 Å². The quantitative estimate of drug-likeness (QED) is 0.486. The summed E-state index contributed by atoms with van der Waals surface area (Å²) in [6.07, 6.45) is -4.71. The van der Waals surface area contributed by atoms with Gasteiger partial charge in [0.1, 0.15) is 11.6 Å². The lowest BCUT2D eigenvalue weighted by molar-refractivity contribution is -0.128. The van der Waals surface area contributed by atoms with E-state index < -0.39 is 52.9 Å². The molecule has 2 nitrogen and oxygen atoms in total. The van der Waals surface area contributed by atoms with Crippen LogP contribution in [0.15, 0.2) is 18.2 Å². The standard InChI is InChI=1S/C12H6F6O2/c13-6-1-5(2-7(14)3-6)8(19)4-9(20)11(16)10(15)12(11,17)18/h1-3,10H,4H2. The molecule has 2 unspecified atom stereocenters. The molecule has 0 bridgehead atoms. The molecule has 1 saturated carbocycles. The smallest absolute Gasteiger partial charge is 0.295 e. The molecule has 2 atom stereocenters. The molecular formula is C12H6F6O2. The van der Waals surface area contributed by atoms with Crippen LogP contribution in [-0.4, -0.2) is 29.3 Å². The maximum atomic E-state index is 13.3. The third-order valence-electron chi connectivity index (χ3n) is 2.98. The van der Waals surface area contributed by atoms with Crippen molar-refractivity contribution < 1.29 is 35.9 Å². The van der Waals surface area contributed by atoms with Gasteiger partial charge in [-0.3, -0.25) is 9.59 Å². The van der Waals surface area contributed by atoms with Crippen LogP contribution in [0.2, 0.25) is 0 Å². The molecule has 0 heterocycles. The Bertz CT molecular complexity index is 579. The van der Waals surface area contributed by atoms with Gasteiger partial charge in [0.25, 0.3) is 5.67 Å². The summed E-state index contributed by atoms with van der Waals surface area (Å²) in [4.78, 5) is 22.7. The highest BCUT2D eigenvalue weighted by Crippen LogP contribution is 2.59. The van der Waals surface area contributed by atoms with Gasteiger partial charge in [-0.15, -0.1) is 0 Å². The Labute approximate surface area is 108 Å². The van der Waals surface area contributed by atoms with Crippen molar-refractivity contribution in [1.82, 2.24) is 0 Å². The largest absolute Gasteiger partial charge is 0.326 e. The Morgan fingerprint density at radius 3 is 1.90 bits per heavy atom. The van der Waals surface area contributed by atoms with Gasteiger partial charge < -0.3 is 0 Å². The van der Waals surface area contributed by atoms with E-state index in [1.165, 1.54) is 0 Å². The Morgan fingerprint density at radius 2 is 1.50 bits per heavy atom. The number of alkyl halides is 4. The van der Waals surface area contributed by atoms with Crippen molar-refractivity contribution in [3.63, 3.8) is 0 Å². The number of carbonyl (C=O) groups is 2. The summed E-state index contributed by atoms with van der Waals surface area (Å²) in [5.74, 6) is -9.96. The van der Waals surface area contributed by atoms with Crippen molar-refractivity contribution in [3.8, 4) is 0 Å². The van der Waals surface area contributed by atoms with Crippen molar-refractivity contribution in [2.45, 2.75) is 24.2 Å². The van der Waals surface area contributed by atoms with Crippen molar-refractivity contribution in [2.75, 3.05) is 0 Å². The zero-order chi connectivity index (χ0) is 15.3. The SMILES string of the molecule is O=C(CC(=O)C1(F)C(F)C1(F)F)c1cc(F)cc(F)c1. The fraction of sp³-hybridized carbons (Fsp3) is 0.333. The molecule has 1 aromatic carbocycles. The minimum atomic E-state index is -4.47. The molecule has 0 aromatic heterocycles. The molecule has 0 spiro atoms. The molecule has 8 heteroatoms. The number of benzene rings is 1. The van der Waals surface area contributed by atoms with Crippen molar-refractivity contribution in [3.05, 3.63) is 35.4 Å². The molecule has 108 valence electrons. The number of halogens is 6. The maximum absolute atomic E-state index is 13.3. The molecule has 20 heavy (non-hydrogen) atoms. The Morgan fingerprint density at radius 1 is 1.05 bits per heavy atom. The predicted octanol–water partition coefficient (Wildman–Crippen LogP) is 2.80. The number of hydrogen-bond acceptors (Lipinski definition) is 2. The van der Waals surface area contributed by atoms with E-state index in [-0.39, 0.29) is 0 Å². The molecule has 1 aliphatic carbocycles. The number of hydrogen-bond donors (Lipinski definition) is 0. The minimum absolute atomic E-state index is 0.446. The third kappa shape index (κ3) is 1.99. The molecular weight excluding hydrogens is 290 g/mol. The van der Waals surface area contributed by atoms with Crippen molar-refractivity contribution >= 4 is 11.6 Å². The van der Waals surface area contributed by atoms with E-state index >= 15 is 0 Å². The van der Waals surface area contributed by atoms with Gasteiger partial charge in [0.15, 0.2) is 11.6 Å². The van der Waals surface area contributed by atoms with Crippen LogP contribution in [0.3, 0.4) is 0 Å². The summed E-state index contributed by atoms with van der Waals surface area (Å²) in [6, 6.07) is 1.56. The molecule has 0 N–H and O–H groups in total. The average molecular weight is 296 g/mol. The molecule has 2 rings (SSSR count). The zero-order valence-electron chi connectivity index (χ0n) is 9.60. The van der Waals surface area contributed by atoms with Gasteiger partial charge in [-0.2, -0.15) is 8.78 Å².